The van der Waals surface area contributed by atoms with Crippen molar-refractivity contribution in [3.63, 3.8) is 0 Å². The van der Waals surface area contributed by atoms with Gasteiger partial charge in [-0.05, 0) is 24.6 Å². The van der Waals surface area contributed by atoms with Crippen molar-refractivity contribution in [2.24, 2.45) is 0 Å². The number of halogens is 1. The monoisotopic (exact) mass is 332 g/mol. The van der Waals surface area contributed by atoms with Crippen LogP contribution in [0.25, 0.3) is 0 Å². The van der Waals surface area contributed by atoms with Crippen LogP contribution in [0.3, 0.4) is 0 Å². The molecular weight excluding hydrogens is 312 g/mol. The van der Waals surface area contributed by atoms with Crippen LogP contribution in [0.1, 0.15) is 12.0 Å². The van der Waals surface area contributed by atoms with Crippen molar-refractivity contribution < 1.29 is 18.9 Å². The van der Waals surface area contributed by atoms with E-state index in [2.05, 4.69) is 15.9 Å². The van der Waals surface area contributed by atoms with Gasteiger partial charge in [0.05, 0.1) is 26.9 Å². The molecule has 0 aliphatic heterocycles. The first-order chi connectivity index (χ1) is 9.27. The molecule has 0 atom stereocenters. The fourth-order valence-electron chi connectivity index (χ4n) is 1.57. The third kappa shape index (κ3) is 6.92. The molecule has 0 radical (unpaired) electrons. The first-order valence-electron chi connectivity index (χ1n) is 6.24. The van der Waals surface area contributed by atoms with Gasteiger partial charge in [0.1, 0.15) is 5.75 Å². The molecule has 0 unspecified atom stereocenters. The molecule has 0 heterocycles. The minimum Gasteiger partial charge on any atom is -0.496 e. The van der Waals surface area contributed by atoms with Crippen LogP contribution in [-0.2, 0) is 20.8 Å². The maximum atomic E-state index is 5.57. The Kier molecular flexibility index (Phi) is 8.82. The van der Waals surface area contributed by atoms with E-state index in [-0.39, 0.29) is 0 Å². The molecule has 0 spiro atoms. The van der Waals surface area contributed by atoms with Crippen LogP contribution in [0.2, 0.25) is 0 Å². The Morgan fingerprint density at radius 2 is 1.79 bits per heavy atom. The molecular formula is C14H21BrO4. The highest BCUT2D eigenvalue weighted by Gasteiger charge is 2.03. The molecule has 0 N–H and O–H groups in total. The third-order valence-electron chi connectivity index (χ3n) is 2.51. The molecule has 0 aromatic heterocycles. The fourth-order valence-corrected chi connectivity index (χ4v) is 1.98. The number of benzene rings is 1. The lowest BCUT2D eigenvalue weighted by Crippen LogP contribution is -2.07. The van der Waals surface area contributed by atoms with Gasteiger partial charge in [0.25, 0.3) is 0 Å². The topological polar surface area (TPSA) is 36.9 Å². The largest absolute Gasteiger partial charge is 0.496 e. The maximum Gasteiger partial charge on any atom is 0.124 e. The van der Waals surface area contributed by atoms with Crippen LogP contribution in [0, 0.1) is 0 Å². The summed E-state index contributed by atoms with van der Waals surface area (Å²) in [5.74, 6) is 0.837. The number of ether oxygens (including phenoxy) is 4. The predicted molar refractivity (Wildman–Crippen MR) is 77.7 cm³/mol. The summed E-state index contributed by atoms with van der Waals surface area (Å²) in [7, 11) is 3.35. The van der Waals surface area contributed by atoms with Gasteiger partial charge in [-0.2, -0.15) is 0 Å². The van der Waals surface area contributed by atoms with Crippen LogP contribution in [0.5, 0.6) is 5.75 Å². The van der Waals surface area contributed by atoms with Crippen LogP contribution in [-0.4, -0.2) is 40.6 Å². The highest BCUT2D eigenvalue weighted by molar-refractivity contribution is 9.10. The summed E-state index contributed by atoms with van der Waals surface area (Å²) in [5, 5.41) is 0. The second-order valence-corrected chi connectivity index (χ2v) is 4.88. The predicted octanol–water partition coefficient (Wildman–Crippen LogP) is 3.03. The third-order valence-corrected chi connectivity index (χ3v) is 3.00. The summed E-state index contributed by atoms with van der Waals surface area (Å²) in [4.78, 5) is 0. The van der Waals surface area contributed by atoms with Gasteiger partial charge in [-0.25, -0.2) is 0 Å². The Bertz CT molecular complexity index is 357. The van der Waals surface area contributed by atoms with Crippen molar-refractivity contribution in [1.29, 1.82) is 0 Å². The van der Waals surface area contributed by atoms with Gasteiger partial charge in [0, 0.05) is 30.4 Å². The number of methoxy groups -OCH3 is 2. The van der Waals surface area contributed by atoms with Gasteiger partial charge in [-0.15, -0.1) is 0 Å². The van der Waals surface area contributed by atoms with Gasteiger partial charge < -0.3 is 18.9 Å². The van der Waals surface area contributed by atoms with Gasteiger partial charge >= 0.3 is 0 Å². The Labute approximate surface area is 123 Å². The Morgan fingerprint density at radius 3 is 2.53 bits per heavy atom. The van der Waals surface area contributed by atoms with Crippen LogP contribution in [0.4, 0.5) is 0 Å². The molecule has 0 amide bonds. The lowest BCUT2D eigenvalue weighted by atomic mass is 10.2. The molecule has 0 saturated carbocycles. The second kappa shape index (κ2) is 10.2. The van der Waals surface area contributed by atoms with E-state index < -0.39 is 0 Å². The van der Waals surface area contributed by atoms with Gasteiger partial charge in [-0.1, -0.05) is 15.9 Å². The highest BCUT2D eigenvalue weighted by atomic mass is 79.9. The smallest absolute Gasteiger partial charge is 0.124 e. The molecule has 108 valence electrons. The average Bonchev–Trinajstić information content (AvgIpc) is 2.42. The molecule has 0 fully saturated rings. The zero-order chi connectivity index (χ0) is 13.9. The summed E-state index contributed by atoms with van der Waals surface area (Å²) >= 11 is 3.44. The first kappa shape index (κ1) is 16.4. The normalized spacial score (nSPS) is 10.7. The molecule has 5 heteroatoms. The Balaban J connectivity index is 2.17. The Morgan fingerprint density at radius 1 is 1.00 bits per heavy atom. The summed E-state index contributed by atoms with van der Waals surface area (Å²) < 4.78 is 22.2. The summed E-state index contributed by atoms with van der Waals surface area (Å²) in [6.45, 7) is 3.13. The Hall–Kier alpha value is -0.620. The minimum absolute atomic E-state index is 0.518. The van der Waals surface area contributed by atoms with Crippen molar-refractivity contribution in [3.8, 4) is 5.75 Å². The summed E-state index contributed by atoms with van der Waals surface area (Å²) in [5.41, 5.74) is 1.02. The molecule has 1 aromatic rings. The number of hydrogen-bond acceptors (Lipinski definition) is 4. The van der Waals surface area contributed by atoms with Crippen LogP contribution in [0.15, 0.2) is 22.7 Å². The average molecular weight is 333 g/mol. The number of rotatable bonds is 10. The molecule has 0 bridgehead atoms. The zero-order valence-electron chi connectivity index (χ0n) is 11.5. The van der Waals surface area contributed by atoms with Crippen LogP contribution >= 0.6 is 15.9 Å². The molecule has 19 heavy (non-hydrogen) atoms. The molecule has 0 aliphatic rings. The van der Waals surface area contributed by atoms with Crippen molar-refractivity contribution in [2.75, 3.05) is 40.6 Å². The molecule has 1 rings (SSSR count). The van der Waals surface area contributed by atoms with Crippen molar-refractivity contribution in [2.45, 2.75) is 13.0 Å². The lowest BCUT2D eigenvalue weighted by molar-refractivity contribution is 0.0331. The fraction of sp³-hybridized carbons (Fsp3) is 0.571. The van der Waals surface area contributed by atoms with E-state index in [4.69, 9.17) is 18.9 Å². The van der Waals surface area contributed by atoms with E-state index in [1.807, 2.05) is 18.2 Å². The van der Waals surface area contributed by atoms with Gasteiger partial charge in [-0.3, -0.25) is 0 Å². The SMILES string of the molecule is COCCCOCCOCc1cc(Br)ccc1OC. The van der Waals surface area contributed by atoms with E-state index in [1.165, 1.54) is 0 Å². The van der Waals surface area contributed by atoms with E-state index >= 15 is 0 Å². The van der Waals surface area contributed by atoms with Crippen LogP contribution < -0.4 is 4.74 Å². The van der Waals surface area contributed by atoms with Gasteiger partial charge in [0.2, 0.25) is 0 Å². The number of hydrogen-bond donors (Lipinski definition) is 0. The molecule has 1 aromatic carbocycles. The first-order valence-corrected chi connectivity index (χ1v) is 7.04. The van der Waals surface area contributed by atoms with Gasteiger partial charge in [0.15, 0.2) is 0 Å². The summed E-state index contributed by atoms with van der Waals surface area (Å²) in [6.07, 6.45) is 0.913. The molecule has 0 aliphatic carbocycles. The quantitative estimate of drug-likeness (QED) is 0.617. The maximum absolute atomic E-state index is 5.57. The van der Waals surface area contributed by atoms with Crippen molar-refractivity contribution in [1.82, 2.24) is 0 Å². The minimum atomic E-state index is 0.518. The highest BCUT2D eigenvalue weighted by Crippen LogP contribution is 2.23. The van der Waals surface area contributed by atoms with E-state index in [0.717, 1.165) is 28.8 Å². The lowest BCUT2D eigenvalue weighted by Gasteiger charge is -2.10. The molecule has 0 saturated heterocycles. The van der Waals surface area contributed by atoms with E-state index in [1.54, 1.807) is 14.2 Å². The standard InChI is InChI=1S/C14H21BrO4/c1-16-6-3-7-18-8-9-19-11-12-10-13(15)4-5-14(12)17-2/h4-5,10H,3,6-9,11H2,1-2H3. The van der Waals surface area contributed by atoms with Crippen molar-refractivity contribution in [3.05, 3.63) is 28.2 Å². The van der Waals surface area contributed by atoms with E-state index in [0.29, 0.717) is 26.4 Å². The van der Waals surface area contributed by atoms with Crippen molar-refractivity contribution >= 4 is 15.9 Å². The summed E-state index contributed by atoms with van der Waals surface area (Å²) in [6, 6.07) is 5.86. The van der Waals surface area contributed by atoms with E-state index in [9.17, 15) is 0 Å². The second-order valence-electron chi connectivity index (χ2n) is 3.97. The zero-order valence-corrected chi connectivity index (χ0v) is 13.1. The molecule has 4 nitrogen and oxygen atoms in total.